The SMILES string of the molecule is C=C(F)C(=O)OC[C@H]1O[C@@H](n2ccc(NO)nc2=O)[C@@H]2OC(=O)/C=C\C(=O)O[C@@H]21. The number of esters is 3. The summed E-state index contributed by atoms with van der Waals surface area (Å²) in [5.74, 6) is -4.68. The lowest BCUT2D eigenvalue weighted by Crippen LogP contribution is -2.43. The van der Waals surface area contributed by atoms with Crippen molar-refractivity contribution in [3.05, 3.63) is 47.3 Å². The van der Waals surface area contributed by atoms with Crippen molar-refractivity contribution in [3.8, 4) is 0 Å². The average Bonchev–Trinajstić information content (AvgIpc) is 2.99. The molecule has 0 bridgehead atoms. The van der Waals surface area contributed by atoms with Gasteiger partial charge in [0.1, 0.15) is 12.7 Å². The van der Waals surface area contributed by atoms with Crippen molar-refractivity contribution in [2.24, 2.45) is 0 Å². The van der Waals surface area contributed by atoms with Crippen molar-refractivity contribution in [2.75, 3.05) is 12.1 Å². The highest BCUT2D eigenvalue weighted by molar-refractivity contribution is 5.92. The number of rotatable bonds is 5. The molecular formula is C16H14FN3O9. The zero-order chi connectivity index (χ0) is 21.1. The maximum Gasteiger partial charge on any atom is 0.366 e. The van der Waals surface area contributed by atoms with Crippen LogP contribution in [-0.4, -0.2) is 57.6 Å². The summed E-state index contributed by atoms with van der Waals surface area (Å²) in [5, 5.41) is 8.83. The monoisotopic (exact) mass is 411 g/mol. The number of nitrogens with zero attached hydrogens (tertiary/aromatic N) is 2. The molecule has 0 unspecified atom stereocenters. The van der Waals surface area contributed by atoms with Crippen molar-refractivity contribution in [2.45, 2.75) is 24.5 Å². The maximum absolute atomic E-state index is 12.8. The first kappa shape index (κ1) is 20.2. The van der Waals surface area contributed by atoms with Crippen molar-refractivity contribution < 1.29 is 42.9 Å². The van der Waals surface area contributed by atoms with Crippen molar-refractivity contribution in [1.82, 2.24) is 9.55 Å². The molecule has 1 aromatic rings. The van der Waals surface area contributed by atoms with Crippen LogP contribution in [-0.2, 0) is 33.3 Å². The van der Waals surface area contributed by atoms with E-state index in [0.29, 0.717) is 0 Å². The van der Waals surface area contributed by atoms with Crippen LogP contribution in [0.15, 0.2) is 41.6 Å². The number of aromatic nitrogens is 2. The molecule has 1 fully saturated rings. The van der Waals surface area contributed by atoms with E-state index in [0.717, 1.165) is 16.7 Å². The molecule has 0 radical (unpaired) electrons. The molecule has 154 valence electrons. The first-order valence-electron chi connectivity index (χ1n) is 8.05. The minimum Gasteiger partial charge on any atom is -0.458 e. The standard InChI is InChI=1S/C16H14FN3O9/c1-7(17)15(23)26-6-8-12-13(29-11(22)3-2-10(21)28-12)14(27-8)20-5-4-9(19-25)18-16(20)24/h2-5,8,12-14,25H,1,6H2,(H,18,19,24)/b3-2-/t8-,12-,13-,14-/m1/s1. The van der Waals surface area contributed by atoms with Gasteiger partial charge in [0.2, 0.25) is 5.83 Å². The second-order valence-corrected chi connectivity index (χ2v) is 5.82. The zero-order valence-corrected chi connectivity index (χ0v) is 14.5. The number of halogens is 1. The Morgan fingerprint density at radius 1 is 1.28 bits per heavy atom. The van der Waals surface area contributed by atoms with Gasteiger partial charge in [-0.2, -0.15) is 9.37 Å². The van der Waals surface area contributed by atoms with E-state index in [9.17, 15) is 23.6 Å². The summed E-state index contributed by atoms with van der Waals surface area (Å²) in [7, 11) is 0. The lowest BCUT2D eigenvalue weighted by molar-refractivity contribution is -0.165. The van der Waals surface area contributed by atoms with Crippen LogP contribution in [0.1, 0.15) is 6.23 Å². The smallest absolute Gasteiger partial charge is 0.366 e. The third kappa shape index (κ3) is 4.30. The quantitative estimate of drug-likeness (QED) is 0.275. The molecule has 3 rings (SSSR count). The summed E-state index contributed by atoms with van der Waals surface area (Å²) in [6, 6.07) is 1.22. The average molecular weight is 411 g/mol. The molecule has 0 saturated carbocycles. The first-order valence-corrected chi connectivity index (χ1v) is 8.05. The predicted molar refractivity (Wildman–Crippen MR) is 87.9 cm³/mol. The second-order valence-electron chi connectivity index (χ2n) is 5.82. The van der Waals surface area contributed by atoms with Crippen LogP contribution in [0.25, 0.3) is 0 Å². The molecule has 0 amide bonds. The van der Waals surface area contributed by atoms with E-state index in [1.165, 1.54) is 12.3 Å². The lowest BCUT2D eigenvalue weighted by atomic mass is 10.1. The minimum atomic E-state index is -1.36. The van der Waals surface area contributed by atoms with Crippen LogP contribution in [0, 0.1) is 0 Å². The highest BCUT2D eigenvalue weighted by Crippen LogP contribution is 2.34. The fraction of sp³-hybridized carbons (Fsp3) is 0.312. The van der Waals surface area contributed by atoms with E-state index in [-0.39, 0.29) is 5.82 Å². The molecule has 2 aliphatic rings. The van der Waals surface area contributed by atoms with E-state index in [1.54, 1.807) is 5.48 Å². The highest BCUT2D eigenvalue weighted by Gasteiger charge is 2.51. The van der Waals surface area contributed by atoms with Crippen LogP contribution in [0.5, 0.6) is 0 Å². The van der Waals surface area contributed by atoms with E-state index < -0.39 is 60.6 Å². The van der Waals surface area contributed by atoms with Gasteiger partial charge in [0.05, 0.1) is 0 Å². The van der Waals surface area contributed by atoms with Crippen molar-refractivity contribution in [1.29, 1.82) is 0 Å². The molecule has 12 nitrogen and oxygen atoms in total. The molecule has 2 N–H and O–H groups in total. The Labute approximate surface area is 161 Å². The fourth-order valence-corrected chi connectivity index (χ4v) is 2.72. The van der Waals surface area contributed by atoms with Crippen LogP contribution in [0.4, 0.5) is 10.2 Å². The number of carbonyl (C=O) groups is 3. The molecule has 13 heteroatoms. The maximum atomic E-state index is 12.8. The molecule has 1 saturated heterocycles. The summed E-state index contributed by atoms with van der Waals surface area (Å²) >= 11 is 0. The highest BCUT2D eigenvalue weighted by atomic mass is 19.1. The van der Waals surface area contributed by atoms with E-state index >= 15 is 0 Å². The van der Waals surface area contributed by atoms with E-state index in [1.807, 2.05) is 0 Å². The van der Waals surface area contributed by atoms with Gasteiger partial charge in [0, 0.05) is 18.3 Å². The third-order valence-corrected chi connectivity index (χ3v) is 3.96. The molecule has 1 aromatic heterocycles. The molecular weight excluding hydrogens is 397 g/mol. The topological polar surface area (TPSA) is 155 Å². The predicted octanol–water partition coefficient (Wildman–Crippen LogP) is -0.638. The van der Waals surface area contributed by atoms with E-state index in [2.05, 4.69) is 16.3 Å². The van der Waals surface area contributed by atoms with Gasteiger partial charge in [-0.1, -0.05) is 6.58 Å². The second kappa shape index (κ2) is 8.20. The van der Waals surface area contributed by atoms with Gasteiger partial charge in [0.15, 0.2) is 24.3 Å². The Balaban J connectivity index is 1.94. The summed E-state index contributed by atoms with van der Waals surface area (Å²) in [5.41, 5.74) is 0.794. The Morgan fingerprint density at radius 3 is 2.52 bits per heavy atom. The largest absolute Gasteiger partial charge is 0.458 e. The van der Waals surface area contributed by atoms with Crippen LogP contribution >= 0.6 is 0 Å². The number of fused-ring (bicyclic) bond motifs is 1. The number of hydrogen-bond acceptors (Lipinski definition) is 11. The van der Waals surface area contributed by atoms with Gasteiger partial charge < -0.3 is 18.9 Å². The molecule has 3 heterocycles. The van der Waals surface area contributed by atoms with Crippen molar-refractivity contribution in [3.63, 3.8) is 0 Å². The molecule has 0 aromatic carbocycles. The Bertz CT molecular complexity index is 944. The summed E-state index contributed by atoms with van der Waals surface area (Å²) in [6.45, 7) is 2.20. The third-order valence-electron chi connectivity index (χ3n) is 3.96. The molecule has 29 heavy (non-hydrogen) atoms. The normalized spacial score (nSPS) is 27.0. The van der Waals surface area contributed by atoms with Crippen molar-refractivity contribution >= 4 is 23.7 Å². The number of anilines is 1. The number of ether oxygens (including phenoxy) is 4. The molecule has 0 spiro atoms. The number of hydrogen-bond donors (Lipinski definition) is 2. The Morgan fingerprint density at radius 2 is 1.93 bits per heavy atom. The number of carbonyl (C=O) groups excluding carboxylic acids is 3. The van der Waals surface area contributed by atoms with Gasteiger partial charge in [-0.15, -0.1) is 0 Å². The van der Waals surface area contributed by atoms with E-state index in [4.69, 9.17) is 19.4 Å². The van der Waals surface area contributed by atoms with Gasteiger partial charge in [0.25, 0.3) is 0 Å². The van der Waals surface area contributed by atoms with Gasteiger partial charge in [-0.25, -0.2) is 19.2 Å². The van der Waals surface area contributed by atoms with Crippen LogP contribution in [0.3, 0.4) is 0 Å². The fourth-order valence-electron chi connectivity index (χ4n) is 2.72. The van der Waals surface area contributed by atoms with Crippen LogP contribution < -0.4 is 11.2 Å². The lowest BCUT2D eigenvalue weighted by Gasteiger charge is -2.25. The Kier molecular flexibility index (Phi) is 5.70. The Hall–Kier alpha value is -3.58. The van der Waals surface area contributed by atoms with Gasteiger partial charge >= 0.3 is 23.6 Å². The zero-order valence-electron chi connectivity index (χ0n) is 14.5. The molecule has 2 aliphatic heterocycles. The van der Waals surface area contributed by atoms with Gasteiger partial charge in [-0.3, -0.25) is 15.3 Å². The summed E-state index contributed by atoms with van der Waals surface area (Å²) in [6.07, 6.45) is -2.31. The first-order chi connectivity index (χ1) is 13.8. The van der Waals surface area contributed by atoms with Gasteiger partial charge in [-0.05, 0) is 6.07 Å². The molecule has 0 aliphatic carbocycles. The molecule has 4 atom stereocenters. The van der Waals surface area contributed by atoms with Crippen LogP contribution in [0.2, 0.25) is 0 Å². The number of nitrogens with one attached hydrogen (secondary N) is 1. The minimum absolute atomic E-state index is 0.156. The summed E-state index contributed by atoms with van der Waals surface area (Å²) < 4.78 is 34.5. The summed E-state index contributed by atoms with van der Waals surface area (Å²) in [4.78, 5) is 50.8.